The Hall–Kier alpha value is -2.79. The molecule has 3 aromatic rings. The summed E-state index contributed by atoms with van der Waals surface area (Å²) >= 11 is 1.25. The molecule has 0 bridgehead atoms. The first-order valence-corrected chi connectivity index (χ1v) is 11.8. The van der Waals surface area contributed by atoms with Gasteiger partial charge in [0.15, 0.2) is 0 Å². The van der Waals surface area contributed by atoms with Gasteiger partial charge in [0.2, 0.25) is 10.0 Å². The molecule has 0 N–H and O–H groups in total. The molecule has 0 spiro atoms. The number of benzene rings is 2. The smallest absolute Gasteiger partial charge is 0.469 e. The molecule has 6 nitrogen and oxygen atoms in total. The maximum atomic E-state index is 13.2. The molecule has 11 heteroatoms. The van der Waals surface area contributed by atoms with Crippen molar-refractivity contribution in [2.45, 2.75) is 26.3 Å². The number of hydrogen-bond donors (Lipinski definition) is 0. The summed E-state index contributed by atoms with van der Waals surface area (Å²) in [6, 6.07) is 12.5. The van der Waals surface area contributed by atoms with Gasteiger partial charge in [-0.05, 0) is 41.6 Å². The molecule has 3 rings (SSSR count). The lowest BCUT2D eigenvalue weighted by molar-refractivity contribution is -0.274. The molecule has 0 saturated heterocycles. The summed E-state index contributed by atoms with van der Waals surface area (Å²) in [6.07, 6.45) is -5.22. The van der Waals surface area contributed by atoms with Gasteiger partial charge < -0.3 is 9.47 Å². The van der Waals surface area contributed by atoms with Crippen LogP contribution in [0.3, 0.4) is 0 Å². The number of sulfonamides is 1. The van der Waals surface area contributed by atoms with E-state index in [1.54, 1.807) is 6.92 Å². The molecule has 0 saturated carbocycles. The van der Waals surface area contributed by atoms with E-state index in [0.29, 0.717) is 10.6 Å². The van der Waals surface area contributed by atoms with Crippen LogP contribution < -0.4 is 9.04 Å². The largest absolute Gasteiger partial charge is 0.573 e. The lowest BCUT2D eigenvalue weighted by Gasteiger charge is -2.24. The maximum absolute atomic E-state index is 13.2. The number of thiophene rings is 1. The van der Waals surface area contributed by atoms with Crippen molar-refractivity contribution < 1.29 is 35.9 Å². The van der Waals surface area contributed by atoms with E-state index in [1.807, 2.05) is 24.3 Å². The van der Waals surface area contributed by atoms with Gasteiger partial charge in [-0.15, -0.1) is 24.5 Å². The average molecular weight is 488 g/mol. The van der Waals surface area contributed by atoms with Crippen LogP contribution in [0.25, 0.3) is 10.1 Å². The number of hydrogen-bond acceptors (Lipinski definition) is 6. The Morgan fingerprint density at radius 3 is 2.50 bits per heavy atom. The topological polar surface area (TPSA) is 72.9 Å². The minimum Gasteiger partial charge on any atom is -0.469 e. The monoisotopic (exact) mass is 487 g/mol. The van der Waals surface area contributed by atoms with Crippen LogP contribution in [-0.2, 0) is 26.1 Å². The summed E-state index contributed by atoms with van der Waals surface area (Å²) in [6.45, 7) is 1.55. The van der Waals surface area contributed by atoms with Crippen LogP contribution >= 0.6 is 11.3 Å². The number of rotatable bonds is 8. The van der Waals surface area contributed by atoms with E-state index in [-0.39, 0.29) is 13.0 Å². The quantitative estimate of drug-likeness (QED) is 0.418. The van der Waals surface area contributed by atoms with Crippen molar-refractivity contribution in [2.75, 3.05) is 17.2 Å². The second-order valence-electron chi connectivity index (χ2n) is 6.87. The fraction of sp³-hybridized carbons (Fsp3) is 0.286. The summed E-state index contributed by atoms with van der Waals surface area (Å²) < 4.78 is 74.7. The Kier molecular flexibility index (Phi) is 6.99. The highest BCUT2D eigenvalue weighted by Crippen LogP contribution is 2.40. The number of nitrogens with zero attached hydrogens (tertiary/aromatic N) is 1. The van der Waals surface area contributed by atoms with Crippen LogP contribution in [0.5, 0.6) is 5.75 Å². The van der Waals surface area contributed by atoms with Crippen LogP contribution in [0.2, 0.25) is 0 Å². The van der Waals surface area contributed by atoms with Crippen LogP contribution in [-0.4, -0.2) is 33.6 Å². The molecule has 0 atom stereocenters. The van der Waals surface area contributed by atoms with Crippen LogP contribution in [0.4, 0.5) is 18.2 Å². The van der Waals surface area contributed by atoms with E-state index in [1.165, 1.54) is 23.5 Å². The van der Waals surface area contributed by atoms with E-state index >= 15 is 0 Å². The number of methoxy groups -OCH3 is 1. The molecule has 32 heavy (non-hydrogen) atoms. The Morgan fingerprint density at radius 2 is 1.84 bits per heavy atom. The molecule has 0 radical (unpaired) electrons. The van der Waals surface area contributed by atoms with Crippen LogP contribution in [0.1, 0.15) is 17.5 Å². The van der Waals surface area contributed by atoms with Crippen molar-refractivity contribution in [3.05, 3.63) is 59.7 Å². The van der Waals surface area contributed by atoms with Gasteiger partial charge in [0.1, 0.15) is 10.8 Å². The lowest BCUT2D eigenvalue weighted by Crippen LogP contribution is -2.33. The molecule has 1 aromatic heterocycles. The van der Waals surface area contributed by atoms with Crippen molar-refractivity contribution in [3.63, 3.8) is 0 Å². The third-order valence-corrected chi connectivity index (χ3v) is 7.75. The van der Waals surface area contributed by atoms with Crippen molar-refractivity contribution in [1.82, 2.24) is 0 Å². The molecule has 172 valence electrons. The fourth-order valence-corrected chi connectivity index (χ4v) is 6.08. The molecule has 0 aliphatic rings. The third-order valence-electron chi connectivity index (χ3n) is 4.63. The Balaban J connectivity index is 2.02. The van der Waals surface area contributed by atoms with E-state index in [2.05, 4.69) is 9.47 Å². The summed E-state index contributed by atoms with van der Waals surface area (Å²) in [5, 5.41) is 1.30. The zero-order valence-electron chi connectivity index (χ0n) is 17.2. The standard InChI is InChI=1S/C21H20F3NO5S2/c1-14-17-8-3-4-9-18(17)31-20(14)25(32(27,28)11-10-19(26)29-2)13-15-6-5-7-16(12-15)30-21(22,23)24/h3-9,12H,10-11,13H2,1-2H3. The molecular formula is C21H20F3NO5S2. The molecule has 0 aliphatic carbocycles. The van der Waals surface area contributed by atoms with Gasteiger partial charge in [-0.3, -0.25) is 9.10 Å². The first kappa shape index (κ1) is 23.9. The van der Waals surface area contributed by atoms with Gasteiger partial charge in [0.05, 0.1) is 25.8 Å². The highest BCUT2D eigenvalue weighted by atomic mass is 32.2. The highest BCUT2D eigenvalue weighted by Gasteiger charge is 2.32. The molecule has 1 heterocycles. The number of carbonyl (C=O) groups is 1. The second-order valence-corrected chi connectivity index (χ2v) is 9.92. The van der Waals surface area contributed by atoms with Gasteiger partial charge in [-0.1, -0.05) is 30.3 Å². The van der Waals surface area contributed by atoms with Crippen molar-refractivity contribution in [3.8, 4) is 5.75 Å². The van der Waals surface area contributed by atoms with Crippen LogP contribution in [0, 0.1) is 6.92 Å². The fourth-order valence-electron chi connectivity index (χ4n) is 3.13. The lowest BCUT2D eigenvalue weighted by atomic mass is 10.2. The van der Waals surface area contributed by atoms with Gasteiger partial charge >= 0.3 is 12.3 Å². The highest BCUT2D eigenvalue weighted by molar-refractivity contribution is 7.93. The van der Waals surface area contributed by atoms with Gasteiger partial charge in [-0.25, -0.2) is 8.42 Å². The second kappa shape index (κ2) is 9.37. The number of aryl methyl sites for hydroxylation is 1. The average Bonchev–Trinajstić information content (AvgIpc) is 3.05. The van der Waals surface area contributed by atoms with Gasteiger partial charge in [0, 0.05) is 4.70 Å². The minimum atomic E-state index is -4.87. The number of halogens is 3. The summed E-state index contributed by atoms with van der Waals surface area (Å²) in [5.74, 6) is -1.64. The third kappa shape index (κ3) is 5.71. The van der Waals surface area contributed by atoms with Crippen molar-refractivity contribution in [2.24, 2.45) is 0 Å². The number of alkyl halides is 3. The van der Waals surface area contributed by atoms with Crippen LogP contribution in [0.15, 0.2) is 48.5 Å². The van der Waals surface area contributed by atoms with Crippen molar-refractivity contribution >= 4 is 42.4 Å². The van der Waals surface area contributed by atoms with Crippen molar-refractivity contribution in [1.29, 1.82) is 0 Å². The predicted molar refractivity (Wildman–Crippen MR) is 116 cm³/mol. The molecular weight excluding hydrogens is 467 g/mol. The number of carbonyl (C=O) groups excluding carboxylic acids is 1. The Labute approximate surface area is 187 Å². The number of esters is 1. The zero-order valence-corrected chi connectivity index (χ0v) is 18.8. The molecule has 0 fully saturated rings. The van der Waals surface area contributed by atoms with E-state index in [0.717, 1.165) is 39.2 Å². The zero-order chi connectivity index (χ0) is 23.5. The van der Waals surface area contributed by atoms with E-state index in [9.17, 15) is 26.4 Å². The Bertz CT molecular complexity index is 1220. The number of anilines is 1. The van der Waals surface area contributed by atoms with E-state index in [4.69, 9.17) is 0 Å². The molecule has 0 unspecified atom stereocenters. The number of ether oxygens (including phenoxy) is 2. The summed E-state index contributed by atoms with van der Waals surface area (Å²) in [7, 11) is -2.86. The normalized spacial score (nSPS) is 12.0. The van der Waals surface area contributed by atoms with Gasteiger partial charge in [-0.2, -0.15) is 0 Å². The minimum absolute atomic E-state index is 0.230. The summed E-state index contributed by atoms with van der Waals surface area (Å²) in [5.41, 5.74) is 1.01. The molecule has 0 amide bonds. The van der Waals surface area contributed by atoms with E-state index < -0.39 is 33.9 Å². The SMILES string of the molecule is COC(=O)CCS(=O)(=O)N(Cc1cccc(OC(F)(F)F)c1)c1sc2ccccc2c1C. The number of fused-ring (bicyclic) bond motifs is 1. The Morgan fingerprint density at radius 1 is 1.12 bits per heavy atom. The predicted octanol–water partition coefficient (Wildman–Crippen LogP) is 5.01. The molecule has 2 aromatic carbocycles. The molecule has 0 aliphatic heterocycles. The van der Waals surface area contributed by atoms with Gasteiger partial charge in [0.25, 0.3) is 0 Å². The maximum Gasteiger partial charge on any atom is 0.573 e. The first-order valence-electron chi connectivity index (χ1n) is 9.40. The first-order chi connectivity index (χ1) is 15.0. The summed E-state index contributed by atoms with van der Waals surface area (Å²) in [4.78, 5) is 11.5.